The van der Waals surface area contributed by atoms with Gasteiger partial charge in [0.05, 0.1) is 5.70 Å². The minimum Gasteiger partial charge on any atom is -0.261 e. The number of hydrogen-bond acceptors (Lipinski definition) is 1. The molecule has 0 saturated carbocycles. The van der Waals surface area contributed by atoms with Crippen molar-refractivity contribution in [1.82, 2.24) is 0 Å². The molecular weight excluding hydrogens is 467 g/mol. The predicted octanol–water partition coefficient (Wildman–Crippen LogP) is 10.2. The average molecular weight is 508 g/mol. The first kappa shape index (κ1) is 28.7. The van der Waals surface area contributed by atoms with Gasteiger partial charge in [0.15, 0.2) is 0 Å². The lowest BCUT2D eigenvalue weighted by Crippen LogP contribution is -2.11. The van der Waals surface area contributed by atoms with Crippen LogP contribution in [0.25, 0.3) is 5.57 Å². The van der Waals surface area contributed by atoms with Gasteiger partial charge in [0.2, 0.25) is 0 Å². The average Bonchev–Trinajstić information content (AvgIpc) is 2.93. The molecule has 0 aliphatic heterocycles. The van der Waals surface area contributed by atoms with Crippen molar-refractivity contribution in [2.24, 2.45) is 16.8 Å². The van der Waals surface area contributed by atoms with E-state index in [-0.39, 0.29) is 11.7 Å². The lowest BCUT2D eigenvalue weighted by Gasteiger charge is -2.19. The Morgan fingerprint density at radius 3 is 2.19 bits per heavy atom. The van der Waals surface area contributed by atoms with Crippen molar-refractivity contribution in [3.8, 4) is 0 Å². The summed E-state index contributed by atoms with van der Waals surface area (Å²) in [5, 5.41) is 0. The Balaban J connectivity index is 2.06. The fraction of sp³-hybridized carbons (Fsp3) is 0.424. The van der Waals surface area contributed by atoms with Gasteiger partial charge in [-0.2, -0.15) is 0 Å². The summed E-state index contributed by atoms with van der Waals surface area (Å²) in [5.74, 6) is -0.575. The number of aliphatic imine (C=N–C) groups is 1. The Bertz CT molecular complexity index is 1150. The Labute approximate surface area is 220 Å². The van der Waals surface area contributed by atoms with Gasteiger partial charge in [0.1, 0.15) is 17.5 Å². The van der Waals surface area contributed by atoms with Crippen LogP contribution in [-0.2, 0) is 0 Å². The largest absolute Gasteiger partial charge is 0.261 e. The predicted molar refractivity (Wildman–Crippen MR) is 150 cm³/mol. The van der Waals surface area contributed by atoms with E-state index >= 15 is 0 Å². The monoisotopic (exact) mass is 507 g/mol. The molecule has 2 unspecified atom stereocenters. The SMILES string of the molecule is CCC(CC)C(C)C=NC1=C(C)CCCC=C(CC(C)c2cc(F)cc(F)c2)C(c2ccc(F)cc2)=C1. The van der Waals surface area contributed by atoms with Gasteiger partial charge in [0, 0.05) is 12.3 Å². The van der Waals surface area contributed by atoms with Crippen LogP contribution in [0, 0.1) is 29.3 Å². The van der Waals surface area contributed by atoms with Crippen molar-refractivity contribution >= 4 is 11.8 Å². The van der Waals surface area contributed by atoms with E-state index < -0.39 is 11.6 Å². The van der Waals surface area contributed by atoms with Crippen LogP contribution < -0.4 is 0 Å². The van der Waals surface area contributed by atoms with E-state index in [0.717, 1.165) is 60.6 Å². The molecule has 0 fully saturated rings. The number of allylic oxidation sites excluding steroid dienone is 5. The first-order chi connectivity index (χ1) is 17.7. The fourth-order valence-corrected chi connectivity index (χ4v) is 5.13. The molecule has 0 bridgehead atoms. The molecule has 4 heteroatoms. The molecule has 2 aromatic rings. The third-order valence-electron chi connectivity index (χ3n) is 7.59. The zero-order valence-corrected chi connectivity index (χ0v) is 22.8. The van der Waals surface area contributed by atoms with Gasteiger partial charge in [-0.3, -0.25) is 4.99 Å². The van der Waals surface area contributed by atoms with E-state index in [1.54, 1.807) is 12.1 Å². The quantitative estimate of drug-likeness (QED) is 0.299. The van der Waals surface area contributed by atoms with Gasteiger partial charge < -0.3 is 0 Å². The van der Waals surface area contributed by atoms with Crippen LogP contribution in [0.2, 0.25) is 0 Å². The summed E-state index contributed by atoms with van der Waals surface area (Å²) < 4.78 is 41.7. The zero-order valence-electron chi connectivity index (χ0n) is 22.8. The molecule has 0 heterocycles. The van der Waals surface area contributed by atoms with Crippen LogP contribution in [0.15, 0.2) is 76.5 Å². The maximum absolute atomic E-state index is 13.9. The second-order valence-corrected chi connectivity index (χ2v) is 10.4. The van der Waals surface area contributed by atoms with Crippen LogP contribution in [0.5, 0.6) is 0 Å². The van der Waals surface area contributed by atoms with E-state index in [2.05, 4.69) is 46.1 Å². The molecule has 0 radical (unpaired) electrons. The van der Waals surface area contributed by atoms with E-state index in [4.69, 9.17) is 4.99 Å². The van der Waals surface area contributed by atoms with Crippen LogP contribution in [0.3, 0.4) is 0 Å². The fourth-order valence-electron chi connectivity index (χ4n) is 5.13. The van der Waals surface area contributed by atoms with E-state index in [1.165, 1.54) is 29.8 Å². The van der Waals surface area contributed by atoms with Gasteiger partial charge in [-0.25, -0.2) is 13.2 Å². The van der Waals surface area contributed by atoms with Gasteiger partial charge >= 0.3 is 0 Å². The number of rotatable bonds is 9. The molecule has 0 saturated heterocycles. The second-order valence-electron chi connectivity index (χ2n) is 10.4. The summed E-state index contributed by atoms with van der Waals surface area (Å²) in [6.07, 6.45) is 12.1. The minimum absolute atomic E-state index is 0.104. The van der Waals surface area contributed by atoms with Crippen molar-refractivity contribution < 1.29 is 13.2 Å². The molecule has 37 heavy (non-hydrogen) atoms. The molecule has 2 atom stereocenters. The summed E-state index contributed by atoms with van der Waals surface area (Å²) in [6.45, 7) is 10.8. The molecule has 2 aromatic carbocycles. The highest BCUT2D eigenvalue weighted by atomic mass is 19.1. The third kappa shape index (κ3) is 8.05. The van der Waals surface area contributed by atoms with Crippen LogP contribution in [0.1, 0.15) is 90.2 Å². The summed E-state index contributed by atoms with van der Waals surface area (Å²) >= 11 is 0. The molecule has 1 nitrogen and oxygen atoms in total. The number of halogens is 3. The Morgan fingerprint density at radius 2 is 1.57 bits per heavy atom. The molecule has 0 spiro atoms. The van der Waals surface area contributed by atoms with Gasteiger partial charge in [-0.1, -0.05) is 58.7 Å². The maximum Gasteiger partial charge on any atom is 0.126 e. The Hall–Kier alpha value is -2.88. The van der Waals surface area contributed by atoms with E-state index in [1.807, 2.05) is 6.92 Å². The highest BCUT2D eigenvalue weighted by molar-refractivity contribution is 5.81. The number of hydrogen-bond donors (Lipinski definition) is 0. The summed E-state index contributed by atoms with van der Waals surface area (Å²) in [5.41, 5.74) is 5.75. The van der Waals surface area contributed by atoms with Crippen molar-refractivity contribution in [3.05, 3.63) is 100 Å². The number of nitrogens with zero attached hydrogens (tertiary/aromatic N) is 1. The van der Waals surface area contributed by atoms with Crippen molar-refractivity contribution in [1.29, 1.82) is 0 Å². The molecule has 1 aliphatic carbocycles. The van der Waals surface area contributed by atoms with Crippen molar-refractivity contribution in [2.45, 2.75) is 79.1 Å². The smallest absolute Gasteiger partial charge is 0.126 e. The normalized spacial score (nSPS) is 16.8. The first-order valence-electron chi connectivity index (χ1n) is 13.6. The standard InChI is InChI=1S/C33H40F3N/c1-6-25(7-2)24(5)21-37-33-20-32(26-12-14-29(34)15-13-26)27(11-9-8-10-22(33)3)16-23(4)28-17-30(35)19-31(36)18-28/h11-15,17-21,23-25H,6-10,16H2,1-5H3. The summed E-state index contributed by atoms with van der Waals surface area (Å²) in [4.78, 5) is 4.99. The Kier molecular flexibility index (Phi) is 10.5. The van der Waals surface area contributed by atoms with Crippen LogP contribution in [0.4, 0.5) is 13.2 Å². The molecule has 0 amide bonds. The molecule has 0 aromatic heterocycles. The molecule has 198 valence electrons. The Morgan fingerprint density at radius 1 is 0.919 bits per heavy atom. The highest BCUT2D eigenvalue weighted by Gasteiger charge is 2.18. The molecular formula is C33H40F3N. The topological polar surface area (TPSA) is 12.4 Å². The van der Waals surface area contributed by atoms with E-state index in [9.17, 15) is 13.2 Å². The third-order valence-corrected chi connectivity index (χ3v) is 7.59. The van der Waals surface area contributed by atoms with Gasteiger partial charge in [-0.15, -0.1) is 0 Å². The summed E-state index contributed by atoms with van der Waals surface area (Å²) in [7, 11) is 0. The van der Waals surface area contributed by atoms with E-state index in [0.29, 0.717) is 23.8 Å². The minimum atomic E-state index is -0.568. The lowest BCUT2D eigenvalue weighted by molar-refractivity contribution is 0.419. The second kappa shape index (κ2) is 13.6. The van der Waals surface area contributed by atoms with Gasteiger partial charge in [0.25, 0.3) is 0 Å². The lowest BCUT2D eigenvalue weighted by atomic mass is 9.86. The maximum atomic E-state index is 13.9. The van der Waals surface area contributed by atoms with Crippen molar-refractivity contribution in [3.63, 3.8) is 0 Å². The number of benzene rings is 2. The zero-order chi connectivity index (χ0) is 26.9. The van der Waals surface area contributed by atoms with Crippen LogP contribution >= 0.6 is 0 Å². The summed E-state index contributed by atoms with van der Waals surface area (Å²) in [6, 6.07) is 10.3. The van der Waals surface area contributed by atoms with Gasteiger partial charge in [-0.05, 0) is 109 Å². The molecule has 1 aliphatic rings. The molecule has 3 rings (SSSR count). The first-order valence-corrected chi connectivity index (χ1v) is 13.6. The van der Waals surface area contributed by atoms with Crippen molar-refractivity contribution in [2.75, 3.05) is 0 Å². The van der Waals surface area contributed by atoms with Crippen LogP contribution in [-0.4, -0.2) is 6.21 Å². The highest BCUT2D eigenvalue weighted by Crippen LogP contribution is 2.36. The molecule has 0 N–H and O–H groups in total.